The van der Waals surface area contributed by atoms with Crippen LogP contribution in [0.15, 0.2) is 40.3 Å². The van der Waals surface area contributed by atoms with Crippen molar-refractivity contribution in [2.75, 3.05) is 13.7 Å². The van der Waals surface area contributed by atoms with E-state index in [-0.39, 0.29) is 4.90 Å². The predicted molar refractivity (Wildman–Crippen MR) is 103 cm³/mol. The molecule has 0 bridgehead atoms. The number of aryl methyl sites for hydroxylation is 3. The van der Waals surface area contributed by atoms with Gasteiger partial charge in [-0.2, -0.15) is 13.5 Å². The van der Waals surface area contributed by atoms with Gasteiger partial charge in [0.2, 0.25) is 0 Å². The van der Waals surface area contributed by atoms with Crippen molar-refractivity contribution in [3.05, 3.63) is 52.6 Å². The Morgan fingerprint density at radius 1 is 1.08 bits per heavy atom. The maximum atomic E-state index is 12.6. The van der Waals surface area contributed by atoms with E-state index < -0.39 is 10.0 Å². The second-order valence-corrected chi connectivity index (χ2v) is 7.52. The Morgan fingerprint density at radius 3 is 2.31 bits per heavy atom. The van der Waals surface area contributed by atoms with Gasteiger partial charge in [-0.3, -0.25) is 0 Å². The number of hydrogen-bond donors (Lipinski definition) is 1. The Morgan fingerprint density at radius 2 is 1.73 bits per heavy atom. The van der Waals surface area contributed by atoms with Gasteiger partial charge in [0.25, 0.3) is 10.0 Å². The standard InChI is InChI=1S/C19H24N2O4S/c1-6-25-17-8-7-16(11-18(17)24-5)12-20-21-26(22,23)19-14(3)9-13(2)10-15(19)4/h7-12,21H,6H2,1-5H3/b20-12+. The monoisotopic (exact) mass is 376 g/mol. The van der Waals surface area contributed by atoms with Crippen molar-refractivity contribution in [2.24, 2.45) is 5.10 Å². The molecule has 2 rings (SSSR count). The normalized spacial score (nSPS) is 11.6. The summed E-state index contributed by atoms with van der Waals surface area (Å²) in [5, 5.41) is 3.89. The molecular weight excluding hydrogens is 352 g/mol. The highest BCUT2D eigenvalue weighted by Gasteiger charge is 2.19. The topological polar surface area (TPSA) is 77.0 Å². The fourth-order valence-corrected chi connectivity index (χ4v) is 4.09. The summed E-state index contributed by atoms with van der Waals surface area (Å²) in [6.07, 6.45) is 1.43. The fraction of sp³-hybridized carbons (Fsp3) is 0.316. The summed E-state index contributed by atoms with van der Waals surface area (Å²) in [4.78, 5) is 2.53. The van der Waals surface area contributed by atoms with Crippen molar-refractivity contribution in [1.82, 2.24) is 4.83 Å². The number of rotatable bonds is 7. The Kier molecular flexibility index (Phi) is 6.26. The van der Waals surface area contributed by atoms with E-state index in [0.29, 0.717) is 34.8 Å². The van der Waals surface area contributed by atoms with Gasteiger partial charge in [-0.25, -0.2) is 4.83 Å². The molecule has 0 unspecified atom stereocenters. The summed E-state index contributed by atoms with van der Waals surface area (Å²) in [5.41, 5.74) is 3.08. The minimum atomic E-state index is -3.74. The predicted octanol–water partition coefficient (Wildman–Crippen LogP) is 3.33. The number of nitrogens with zero attached hydrogens (tertiary/aromatic N) is 1. The van der Waals surface area contributed by atoms with Crippen LogP contribution in [0.1, 0.15) is 29.2 Å². The van der Waals surface area contributed by atoms with Crippen molar-refractivity contribution >= 4 is 16.2 Å². The van der Waals surface area contributed by atoms with E-state index in [0.717, 1.165) is 5.56 Å². The number of hydrazone groups is 1. The number of methoxy groups -OCH3 is 1. The quantitative estimate of drug-likeness (QED) is 0.594. The van der Waals surface area contributed by atoms with Crippen LogP contribution in [-0.2, 0) is 10.0 Å². The summed E-state index contributed by atoms with van der Waals surface area (Å²) in [7, 11) is -2.20. The molecule has 0 spiro atoms. The summed E-state index contributed by atoms with van der Waals surface area (Å²) in [6.45, 7) is 7.89. The minimum absolute atomic E-state index is 0.254. The number of benzene rings is 2. The Hall–Kier alpha value is -2.54. The molecule has 0 aromatic heterocycles. The van der Waals surface area contributed by atoms with Crippen LogP contribution in [0.2, 0.25) is 0 Å². The van der Waals surface area contributed by atoms with E-state index in [9.17, 15) is 8.42 Å². The Balaban J connectivity index is 2.22. The van der Waals surface area contributed by atoms with Crippen molar-refractivity contribution in [1.29, 1.82) is 0 Å². The average molecular weight is 376 g/mol. The smallest absolute Gasteiger partial charge is 0.277 e. The molecule has 0 aliphatic heterocycles. The third-order valence-corrected chi connectivity index (χ3v) is 5.27. The summed E-state index contributed by atoms with van der Waals surface area (Å²) >= 11 is 0. The lowest BCUT2D eigenvalue weighted by molar-refractivity contribution is 0.311. The molecule has 0 aliphatic rings. The van der Waals surface area contributed by atoms with Gasteiger partial charge in [-0.05, 0) is 62.6 Å². The summed E-state index contributed by atoms with van der Waals surface area (Å²) < 4.78 is 35.9. The zero-order chi connectivity index (χ0) is 19.3. The van der Waals surface area contributed by atoms with E-state index in [2.05, 4.69) is 9.93 Å². The molecule has 2 aromatic rings. The first-order chi connectivity index (χ1) is 12.3. The molecule has 2 aromatic carbocycles. The molecule has 1 N–H and O–H groups in total. The second kappa shape index (κ2) is 8.23. The maximum absolute atomic E-state index is 12.6. The summed E-state index contributed by atoms with van der Waals surface area (Å²) in [5.74, 6) is 1.18. The molecule has 6 nitrogen and oxygen atoms in total. The van der Waals surface area contributed by atoms with Crippen molar-refractivity contribution in [3.63, 3.8) is 0 Å². The van der Waals surface area contributed by atoms with Crippen LogP contribution in [0.3, 0.4) is 0 Å². The van der Waals surface area contributed by atoms with Crippen LogP contribution in [0, 0.1) is 20.8 Å². The van der Waals surface area contributed by atoms with Gasteiger partial charge < -0.3 is 9.47 Å². The molecule has 0 saturated carbocycles. The van der Waals surface area contributed by atoms with Gasteiger partial charge in [0.1, 0.15) is 0 Å². The van der Waals surface area contributed by atoms with Crippen LogP contribution in [0.4, 0.5) is 0 Å². The molecule has 0 atom stereocenters. The first-order valence-electron chi connectivity index (χ1n) is 8.22. The number of sulfonamides is 1. The van der Waals surface area contributed by atoms with Gasteiger partial charge in [0, 0.05) is 0 Å². The Labute approximate surface area is 154 Å². The van der Waals surface area contributed by atoms with Crippen LogP contribution < -0.4 is 14.3 Å². The van der Waals surface area contributed by atoms with Crippen LogP contribution in [0.5, 0.6) is 11.5 Å². The zero-order valence-electron chi connectivity index (χ0n) is 15.7. The van der Waals surface area contributed by atoms with Crippen molar-refractivity contribution in [2.45, 2.75) is 32.6 Å². The van der Waals surface area contributed by atoms with Crippen LogP contribution in [-0.4, -0.2) is 28.3 Å². The highest BCUT2D eigenvalue weighted by molar-refractivity contribution is 7.89. The fourth-order valence-electron chi connectivity index (χ4n) is 2.85. The number of nitrogens with one attached hydrogen (secondary N) is 1. The van der Waals surface area contributed by atoms with Gasteiger partial charge >= 0.3 is 0 Å². The third-order valence-electron chi connectivity index (χ3n) is 3.75. The van der Waals surface area contributed by atoms with E-state index >= 15 is 0 Å². The molecular formula is C19H24N2O4S. The average Bonchev–Trinajstić information content (AvgIpc) is 2.54. The lowest BCUT2D eigenvalue weighted by atomic mass is 10.1. The number of hydrogen-bond acceptors (Lipinski definition) is 5. The summed E-state index contributed by atoms with van der Waals surface area (Å²) in [6, 6.07) is 8.93. The zero-order valence-corrected chi connectivity index (χ0v) is 16.5. The molecule has 0 heterocycles. The molecule has 26 heavy (non-hydrogen) atoms. The second-order valence-electron chi connectivity index (χ2n) is 5.92. The van der Waals surface area contributed by atoms with Gasteiger partial charge in [0.15, 0.2) is 11.5 Å². The van der Waals surface area contributed by atoms with Crippen molar-refractivity contribution in [3.8, 4) is 11.5 Å². The molecule has 0 amide bonds. The van der Waals surface area contributed by atoms with Gasteiger partial charge in [-0.1, -0.05) is 17.7 Å². The first-order valence-corrected chi connectivity index (χ1v) is 9.70. The van der Waals surface area contributed by atoms with Crippen LogP contribution in [0.25, 0.3) is 0 Å². The van der Waals surface area contributed by atoms with E-state index in [1.165, 1.54) is 6.21 Å². The minimum Gasteiger partial charge on any atom is -0.493 e. The SMILES string of the molecule is CCOc1ccc(/C=N/NS(=O)(=O)c2c(C)cc(C)cc2C)cc1OC. The molecule has 0 saturated heterocycles. The van der Waals surface area contributed by atoms with E-state index in [1.54, 1.807) is 39.2 Å². The molecule has 0 aliphatic carbocycles. The molecule has 7 heteroatoms. The third kappa shape index (κ3) is 4.54. The molecule has 140 valence electrons. The highest BCUT2D eigenvalue weighted by Crippen LogP contribution is 2.27. The lowest BCUT2D eigenvalue weighted by Crippen LogP contribution is -2.20. The van der Waals surface area contributed by atoms with E-state index in [1.807, 2.05) is 26.0 Å². The van der Waals surface area contributed by atoms with E-state index in [4.69, 9.17) is 9.47 Å². The van der Waals surface area contributed by atoms with Crippen molar-refractivity contribution < 1.29 is 17.9 Å². The molecule has 0 fully saturated rings. The first kappa shape index (κ1) is 19.8. The lowest BCUT2D eigenvalue weighted by Gasteiger charge is -2.11. The number of ether oxygens (including phenoxy) is 2. The molecule has 0 radical (unpaired) electrons. The Bertz CT molecular complexity index is 898. The van der Waals surface area contributed by atoms with Gasteiger partial charge in [0.05, 0.1) is 24.8 Å². The maximum Gasteiger partial charge on any atom is 0.277 e. The van der Waals surface area contributed by atoms with Crippen LogP contribution >= 0.6 is 0 Å². The van der Waals surface area contributed by atoms with Gasteiger partial charge in [-0.15, -0.1) is 0 Å². The highest BCUT2D eigenvalue weighted by atomic mass is 32.2. The largest absolute Gasteiger partial charge is 0.493 e.